The molecular weight excluding hydrogens is 254 g/mol. The third-order valence-electron chi connectivity index (χ3n) is 3.18. The summed E-state index contributed by atoms with van der Waals surface area (Å²) in [5.74, 6) is 0. The Bertz CT molecular complexity index is 382. The first-order valence-corrected chi connectivity index (χ1v) is 6.72. The second-order valence-corrected chi connectivity index (χ2v) is 5.35. The number of nitrogens with zero attached hydrogens (tertiary/aromatic N) is 2. The lowest BCUT2D eigenvalue weighted by atomic mass is 9.82. The molecule has 2 heterocycles. The van der Waals surface area contributed by atoms with E-state index in [1.54, 1.807) is 12.4 Å². The molecule has 1 saturated heterocycles. The van der Waals surface area contributed by atoms with Crippen LogP contribution in [0.15, 0.2) is 12.4 Å². The van der Waals surface area contributed by atoms with E-state index in [0.717, 1.165) is 9.55 Å². The van der Waals surface area contributed by atoms with Gasteiger partial charge in [0.15, 0.2) is 12.3 Å². The van der Waals surface area contributed by atoms with Crippen LogP contribution in [-0.2, 0) is 9.31 Å². The fraction of sp³-hybridized carbons (Fsp3) is 0.727. The molecule has 0 aliphatic carbocycles. The molecule has 1 fully saturated rings. The highest BCUT2D eigenvalue weighted by molar-refractivity contribution is 7.92. The first-order chi connectivity index (χ1) is 8.36. The van der Waals surface area contributed by atoms with Gasteiger partial charge in [0, 0.05) is 17.9 Å². The average molecular weight is 274 g/mol. The number of rotatable bonds is 2. The lowest BCUT2D eigenvalue weighted by Crippen LogP contribution is -2.41. The second kappa shape index (κ2) is 5.63. The fourth-order valence-electron chi connectivity index (χ4n) is 1.46. The van der Waals surface area contributed by atoms with E-state index in [0.29, 0.717) is 0 Å². The van der Waals surface area contributed by atoms with Gasteiger partial charge >= 0.3 is 7.12 Å². The Kier molecular flexibility index (Phi) is 4.86. The Morgan fingerprint density at radius 3 is 2.11 bits per heavy atom. The Morgan fingerprint density at radius 2 is 1.72 bits per heavy atom. The topological polar surface area (TPSA) is 36.3 Å². The fourth-order valence-corrected chi connectivity index (χ4v) is 1.70. The number of hydrogen-bond acceptors (Lipinski definition) is 4. The van der Waals surface area contributed by atoms with Gasteiger partial charge in [-0.15, -0.1) is 3.89 Å². The van der Waals surface area contributed by atoms with E-state index in [2.05, 4.69) is 5.10 Å². The van der Waals surface area contributed by atoms with Crippen molar-refractivity contribution in [2.75, 3.05) is 0 Å². The SMILES string of the molecule is CC.CC1(C)OB(c2cnn(SF)c2)OC1(C)C. The summed E-state index contributed by atoms with van der Waals surface area (Å²) in [6.45, 7) is 11.9. The van der Waals surface area contributed by atoms with Gasteiger partial charge in [0.25, 0.3) is 0 Å². The van der Waals surface area contributed by atoms with E-state index in [4.69, 9.17) is 9.31 Å². The van der Waals surface area contributed by atoms with Crippen LogP contribution in [0.3, 0.4) is 0 Å². The smallest absolute Gasteiger partial charge is 0.399 e. The van der Waals surface area contributed by atoms with Crippen LogP contribution in [0.4, 0.5) is 3.89 Å². The maximum absolute atomic E-state index is 12.3. The molecule has 0 atom stereocenters. The van der Waals surface area contributed by atoms with Gasteiger partial charge in [0.1, 0.15) is 0 Å². The van der Waals surface area contributed by atoms with Crippen molar-refractivity contribution in [2.24, 2.45) is 0 Å². The molecule has 1 aliphatic heterocycles. The van der Waals surface area contributed by atoms with Crippen LogP contribution in [0.25, 0.3) is 0 Å². The molecule has 7 heteroatoms. The minimum atomic E-state index is -0.481. The van der Waals surface area contributed by atoms with Crippen molar-refractivity contribution in [2.45, 2.75) is 52.7 Å². The van der Waals surface area contributed by atoms with Crippen LogP contribution in [0, 0.1) is 0 Å². The van der Waals surface area contributed by atoms with E-state index in [1.165, 1.54) is 0 Å². The first-order valence-electron chi connectivity index (χ1n) is 6.05. The molecule has 0 bridgehead atoms. The zero-order chi connectivity index (χ0) is 14.0. The highest BCUT2D eigenvalue weighted by Gasteiger charge is 2.52. The zero-order valence-corrected chi connectivity index (χ0v) is 12.5. The van der Waals surface area contributed by atoms with Crippen LogP contribution in [0.5, 0.6) is 0 Å². The summed E-state index contributed by atoms with van der Waals surface area (Å²) in [5, 5.41) is 3.82. The molecule has 1 aromatic heterocycles. The monoisotopic (exact) mass is 274 g/mol. The molecule has 0 spiro atoms. The summed E-state index contributed by atoms with van der Waals surface area (Å²) < 4.78 is 25.0. The molecule has 1 aliphatic rings. The molecule has 0 N–H and O–H groups in total. The van der Waals surface area contributed by atoms with Gasteiger partial charge in [-0.25, -0.2) is 0 Å². The summed E-state index contributed by atoms with van der Waals surface area (Å²) in [6.07, 6.45) is 3.11. The van der Waals surface area contributed by atoms with Gasteiger partial charge in [0.05, 0.1) is 11.2 Å². The van der Waals surface area contributed by atoms with Gasteiger partial charge in [-0.2, -0.15) is 9.19 Å². The lowest BCUT2D eigenvalue weighted by Gasteiger charge is -2.32. The van der Waals surface area contributed by atoms with Gasteiger partial charge in [-0.3, -0.25) is 0 Å². The van der Waals surface area contributed by atoms with E-state index in [1.807, 2.05) is 41.5 Å². The Hall–Kier alpha value is -0.525. The Balaban J connectivity index is 0.000000771. The molecule has 1 aromatic rings. The van der Waals surface area contributed by atoms with Gasteiger partial charge in [-0.05, 0) is 27.7 Å². The largest absolute Gasteiger partial charge is 0.498 e. The van der Waals surface area contributed by atoms with Crippen LogP contribution in [-0.4, -0.2) is 27.5 Å². The van der Waals surface area contributed by atoms with Crippen molar-refractivity contribution in [1.82, 2.24) is 9.19 Å². The third-order valence-corrected chi connectivity index (χ3v) is 3.52. The van der Waals surface area contributed by atoms with Crippen molar-refractivity contribution < 1.29 is 13.2 Å². The van der Waals surface area contributed by atoms with Crippen molar-refractivity contribution in [3.63, 3.8) is 0 Å². The number of halogens is 1. The van der Waals surface area contributed by atoms with Crippen LogP contribution in [0.2, 0.25) is 0 Å². The van der Waals surface area contributed by atoms with E-state index < -0.39 is 7.12 Å². The summed E-state index contributed by atoms with van der Waals surface area (Å²) >= 11 is 0.0427. The molecule has 0 saturated carbocycles. The van der Waals surface area contributed by atoms with E-state index in [-0.39, 0.29) is 23.5 Å². The average Bonchev–Trinajstić information content (AvgIpc) is 2.85. The normalized spacial score (nSPS) is 20.5. The first kappa shape index (κ1) is 15.5. The molecule has 0 radical (unpaired) electrons. The lowest BCUT2D eigenvalue weighted by molar-refractivity contribution is 0.00578. The quantitative estimate of drug-likeness (QED) is 0.777. The molecule has 4 nitrogen and oxygen atoms in total. The highest BCUT2D eigenvalue weighted by atomic mass is 32.2. The van der Waals surface area contributed by atoms with Gasteiger partial charge in [-0.1, -0.05) is 13.8 Å². The Labute approximate surface area is 113 Å². The van der Waals surface area contributed by atoms with Crippen molar-refractivity contribution >= 4 is 24.9 Å². The summed E-state index contributed by atoms with van der Waals surface area (Å²) in [4.78, 5) is 0. The van der Waals surface area contributed by atoms with E-state index >= 15 is 0 Å². The molecule has 2 rings (SSSR count). The van der Waals surface area contributed by atoms with E-state index in [9.17, 15) is 3.89 Å². The van der Waals surface area contributed by atoms with Crippen molar-refractivity contribution in [1.29, 1.82) is 0 Å². The van der Waals surface area contributed by atoms with Crippen LogP contribution >= 0.6 is 12.3 Å². The van der Waals surface area contributed by atoms with Crippen molar-refractivity contribution in [3.8, 4) is 0 Å². The maximum atomic E-state index is 12.3. The zero-order valence-electron chi connectivity index (χ0n) is 11.7. The minimum absolute atomic E-state index is 0.0427. The number of hydrogen-bond donors (Lipinski definition) is 0. The molecular formula is C11H20BFN2O2S. The molecule has 18 heavy (non-hydrogen) atoms. The van der Waals surface area contributed by atoms with Crippen LogP contribution < -0.4 is 5.46 Å². The highest BCUT2D eigenvalue weighted by Crippen LogP contribution is 2.36. The standard InChI is InChI=1S/C9H14BFN2O2S.C2H6/c1-8(2)9(3,4)15-10(14-8)7-5-12-13(6-7)16-11;1-2/h5-6H,1-4H3;1-2H3. The van der Waals surface area contributed by atoms with Crippen LogP contribution in [0.1, 0.15) is 41.5 Å². The van der Waals surface area contributed by atoms with Gasteiger partial charge < -0.3 is 9.31 Å². The second-order valence-electron chi connectivity index (χ2n) is 4.83. The summed E-state index contributed by atoms with van der Waals surface area (Å²) in [5.41, 5.74) is -0.0468. The van der Waals surface area contributed by atoms with Crippen molar-refractivity contribution in [3.05, 3.63) is 12.4 Å². The maximum Gasteiger partial charge on any atom is 0.498 e. The molecule has 0 aromatic carbocycles. The summed E-state index contributed by atoms with van der Waals surface area (Å²) in [6, 6.07) is 0. The molecule has 0 unspecified atom stereocenters. The number of aromatic nitrogens is 2. The molecule has 102 valence electrons. The third kappa shape index (κ3) is 2.89. The Morgan fingerprint density at radius 1 is 1.22 bits per heavy atom. The predicted molar refractivity (Wildman–Crippen MR) is 73.4 cm³/mol. The van der Waals surface area contributed by atoms with Gasteiger partial charge in [0.2, 0.25) is 0 Å². The minimum Gasteiger partial charge on any atom is -0.399 e. The molecule has 0 amide bonds. The summed E-state index contributed by atoms with van der Waals surface area (Å²) in [7, 11) is -0.481. The predicted octanol–water partition coefficient (Wildman–Crippen LogP) is 2.59.